The first kappa shape index (κ1) is 12.5. The monoisotopic (exact) mass is 272 g/mol. The van der Waals surface area contributed by atoms with Gasteiger partial charge < -0.3 is 0 Å². The van der Waals surface area contributed by atoms with E-state index in [2.05, 4.69) is 22.4 Å². The van der Waals surface area contributed by atoms with Crippen LogP contribution in [0.5, 0.6) is 0 Å². The number of aromatic nitrogens is 1. The summed E-state index contributed by atoms with van der Waals surface area (Å²) in [6.45, 7) is 2.76. The Balaban J connectivity index is 1.74. The number of carbonyl (C=O) groups excluding carboxylic acids is 1. The highest BCUT2D eigenvalue weighted by atomic mass is 32.1. The Morgan fingerprint density at radius 2 is 2.05 bits per heavy atom. The van der Waals surface area contributed by atoms with Crippen LogP contribution in [0.15, 0.2) is 41.2 Å². The minimum Gasteiger partial charge on any atom is -0.287 e. The Hall–Kier alpha value is -1.48. The van der Waals surface area contributed by atoms with Crippen molar-refractivity contribution < 1.29 is 9.36 Å². The predicted molar refractivity (Wildman–Crippen MR) is 76.4 cm³/mol. The number of benzene rings is 1. The minimum atomic E-state index is 0.192. The molecule has 19 heavy (non-hydrogen) atoms. The molecule has 1 aliphatic carbocycles. The first-order valence-electron chi connectivity index (χ1n) is 6.78. The van der Waals surface area contributed by atoms with Gasteiger partial charge in [0, 0.05) is 11.5 Å². The number of ketones is 1. The average molecular weight is 272 g/mol. The summed E-state index contributed by atoms with van der Waals surface area (Å²) in [6.07, 6.45) is 2.52. The zero-order valence-corrected chi connectivity index (χ0v) is 11.9. The van der Waals surface area contributed by atoms with Crippen LogP contribution in [-0.2, 0) is 6.54 Å². The molecule has 2 aromatic rings. The van der Waals surface area contributed by atoms with Gasteiger partial charge in [-0.15, -0.1) is 0 Å². The van der Waals surface area contributed by atoms with Gasteiger partial charge in [-0.2, -0.15) is 4.57 Å². The van der Waals surface area contributed by atoms with Crippen LogP contribution >= 0.6 is 11.3 Å². The van der Waals surface area contributed by atoms with Crippen LogP contribution in [0.2, 0.25) is 0 Å². The highest BCUT2D eigenvalue weighted by Crippen LogP contribution is 2.40. The molecule has 1 heterocycles. The number of carbonyl (C=O) groups is 1. The Labute approximate surface area is 117 Å². The molecule has 3 heteroatoms. The second-order valence-corrected chi connectivity index (χ2v) is 6.19. The van der Waals surface area contributed by atoms with Gasteiger partial charge >= 0.3 is 0 Å². The molecule has 0 atom stereocenters. The lowest BCUT2D eigenvalue weighted by molar-refractivity contribution is -0.687. The molecule has 1 aromatic heterocycles. The summed E-state index contributed by atoms with van der Waals surface area (Å²) in [5.74, 6) is 1.69. The largest absolute Gasteiger partial charge is 0.287 e. The number of nitrogens with zero attached hydrogens (tertiary/aromatic N) is 1. The molecule has 1 aliphatic rings. The van der Waals surface area contributed by atoms with Crippen molar-refractivity contribution in [2.24, 2.45) is 5.92 Å². The third kappa shape index (κ3) is 2.61. The Bertz CT molecular complexity index is 569. The zero-order valence-electron chi connectivity index (χ0n) is 11.1. The van der Waals surface area contributed by atoms with Crippen molar-refractivity contribution in [2.45, 2.75) is 32.2 Å². The molecular weight excluding hydrogens is 254 g/mol. The maximum absolute atomic E-state index is 12.2. The van der Waals surface area contributed by atoms with Gasteiger partial charge in [0.05, 0.1) is 5.38 Å². The van der Waals surface area contributed by atoms with Crippen LogP contribution in [-0.4, -0.2) is 5.78 Å². The lowest BCUT2D eigenvalue weighted by Crippen LogP contribution is -2.42. The van der Waals surface area contributed by atoms with Crippen molar-refractivity contribution in [3.63, 3.8) is 0 Å². The van der Waals surface area contributed by atoms with Gasteiger partial charge in [-0.1, -0.05) is 48.6 Å². The van der Waals surface area contributed by atoms with E-state index in [0.717, 1.165) is 11.5 Å². The standard InChI is InChI=1S/C16H18NOS/c1-12-7-14(8-12)15-10-19-11-17(15)9-16(18)13-5-3-2-4-6-13/h2-6,10-12,14H,7-9H2,1H3/q+1. The molecule has 98 valence electrons. The maximum Gasteiger partial charge on any atom is 0.227 e. The van der Waals surface area contributed by atoms with Gasteiger partial charge in [0.15, 0.2) is 5.69 Å². The minimum absolute atomic E-state index is 0.192. The molecule has 0 amide bonds. The van der Waals surface area contributed by atoms with Gasteiger partial charge in [-0.05, 0) is 18.8 Å². The quantitative estimate of drug-likeness (QED) is 0.617. The van der Waals surface area contributed by atoms with Crippen LogP contribution in [0.4, 0.5) is 0 Å². The molecule has 0 spiro atoms. The SMILES string of the molecule is CC1CC(c2csc[n+]2CC(=O)c2ccccc2)C1. The van der Waals surface area contributed by atoms with Gasteiger partial charge in [0.25, 0.3) is 0 Å². The second kappa shape index (κ2) is 5.25. The first-order valence-corrected chi connectivity index (χ1v) is 7.72. The van der Waals surface area contributed by atoms with E-state index in [-0.39, 0.29) is 5.78 Å². The van der Waals surface area contributed by atoms with E-state index < -0.39 is 0 Å². The summed E-state index contributed by atoms with van der Waals surface area (Å²) >= 11 is 1.69. The molecule has 2 nitrogen and oxygen atoms in total. The Morgan fingerprint density at radius 1 is 1.32 bits per heavy atom. The molecule has 1 fully saturated rings. The fourth-order valence-electron chi connectivity index (χ4n) is 2.78. The summed E-state index contributed by atoms with van der Waals surface area (Å²) in [5, 5.41) is 2.20. The summed E-state index contributed by atoms with van der Waals surface area (Å²) in [7, 11) is 0. The number of hydrogen-bond acceptors (Lipinski definition) is 2. The zero-order chi connectivity index (χ0) is 13.2. The second-order valence-electron chi connectivity index (χ2n) is 5.47. The predicted octanol–water partition coefficient (Wildman–Crippen LogP) is 3.43. The molecule has 3 rings (SSSR count). The fraction of sp³-hybridized carbons (Fsp3) is 0.375. The molecule has 0 unspecified atom stereocenters. The van der Waals surface area contributed by atoms with E-state index in [0.29, 0.717) is 12.5 Å². The lowest BCUT2D eigenvalue weighted by Gasteiger charge is -2.29. The molecule has 0 N–H and O–H groups in total. The summed E-state index contributed by atoms with van der Waals surface area (Å²) in [4.78, 5) is 12.2. The Kier molecular flexibility index (Phi) is 3.47. The maximum atomic E-state index is 12.2. The molecule has 1 aromatic carbocycles. The van der Waals surface area contributed by atoms with Crippen LogP contribution in [0.3, 0.4) is 0 Å². The number of thiazole rings is 1. The molecular formula is C16H18NOS+. The topological polar surface area (TPSA) is 20.9 Å². The van der Waals surface area contributed by atoms with Crippen LogP contribution < -0.4 is 4.57 Å². The van der Waals surface area contributed by atoms with E-state index in [4.69, 9.17) is 0 Å². The van der Waals surface area contributed by atoms with Gasteiger partial charge in [-0.3, -0.25) is 4.79 Å². The van der Waals surface area contributed by atoms with E-state index in [1.807, 2.05) is 30.3 Å². The number of hydrogen-bond donors (Lipinski definition) is 0. The summed E-state index contributed by atoms with van der Waals surface area (Å²) in [6, 6.07) is 9.55. The van der Waals surface area contributed by atoms with Crippen LogP contribution in [0, 0.1) is 5.92 Å². The molecule has 0 radical (unpaired) electrons. The van der Waals surface area contributed by atoms with Crippen molar-refractivity contribution in [1.82, 2.24) is 0 Å². The summed E-state index contributed by atoms with van der Waals surface area (Å²) < 4.78 is 2.14. The van der Waals surface area contributed by atoms with Crippen molar-refractivity contribution in [2.75, 3.05) is 0 Å². The van der Waals surface area contributed by atoms with E-state index in [9.17, 15) is 4.79 Å². The van der Waals surface area contributed by atoms with E-state index >= 15 is 0 Å². The van der Waals surface area contributed by atoms with Crippen molar-refractivity contribution in [3.8, 4) is 0 Å². The fourth-order valence-corrected chi connectivity index (χ4v) is 3.65. The number of Topliss-reactive ketones (excluding diaryl/α,β-unsaturated/α-hetero) is 1. The highest BCUT2D eigenvalue weighted by molar-refractivity contribution is 7.07. The van der Waals surface area contributed by atoms with E-state index in [1.54, 1.807) is 11.3 Å². The van der Waals surface area contributed by atoms with Crippen LogP contribution in [0.1, 0.15) is 41.7 Å². The van der Waals surface area contributed by atoms with Gasteiger partial charge in [-0.25, -0.2) is 0 Å². The van der Waals surface area contributed by atoms with E-state index in [1.165, 1.54) is 18.5 Å². The third-order valence-electron chi connectivity index (χ3n) is 3.91. The molecule has 0 aliphatic heterocycles. The smallest absolute Gasteiger partial charge is 0.227 e. The molecule has 0 saturated heterocycles. The van der Waals surface area contributed by atoms with Crippen LogP contribution in [0.25, 0.3) is 0 Å². The third-order valence-corrected chi connectivity index (χ3v) is 4.66. The highest BCUT2D eigenvalue weighted by Gasteiger charge is 2.34. The first-order chi connectivity index (χ1) is 9.24. The lowest BCUT2D eigenvalue weighted by atomic mass is 9.74. The molecule has 1 saturated carbocycles. The molecule has 0 bridgehead atoms. The normalized spacial score (nSPS) is 21.9. The van der Waals surface area contributed by atoms with Crippen molar-refractivity contribution in [3.05, 3.63) is 52.5 Å². The Morgan fingerprint density at radius 3 is 2.74 bits per heavy atom. The summed E-state index contributed by atoms with van der Waals surface area (Å²) in [5.41, 5.74) is 4.21. The average Bonchev–Trinajstić information content (AvgIpc) is 2.84. The van der Waals surface area contributed by atoms with Gasteiger partial charge in [0.1, 0.15) is 0 Å². The van der Waals surface area contributed by atoms with Crippen molar-refractivity contribution in [1.29, 1.82) is 0 Å². The van der Waals surface area contributed by atoms with Crippen molar-refractivity contribution >= 4 is 17.1 Å². The van der Waals surface area contributed by atoms with Gasteiger partial charge in [0.2, 0.25) is 17.8 Å². The number of rotatable bonds is 4.